The van der Waals surface area contributed by atoms with Gasteiger partial charge in [-0.2, -0.15) is 0 Å². The van der Waals surface area contributed by atoms with E-state index in [0.29, 0.717) is 12.5 Å². The maximum Gasteiger partial charge on any atom is 0.306 e. The van der Waals surface area contributed by atoms with Crippen molar-refractivity contribution in [1.82, 2.24) is 4.57 Å². The molecule has 1 aromatic heterocycles. The molecule has 17 heavy (non-hydrogen) atoms. The van der Waals surface area contributed by atoms with Crippen LogP contribution in [0.5, 0.6) is 0 Å². The summed E-state index contributed by atoms with van der Waals surface area (Å²) < 4.78 is 1.71. The predicted octanol–water partition coefficient (Wildman–Crippen LogP) is 1.74. The summed E-state index contributed by atoms with van der Waals surface area (Å²) in [6, 6.07) is 5.15. The molecule has 0 spiro atoms. The van der Waals surface area contributed by atoms with E-state index >= 15 is 0 Å². The zero-order valence-corrected chi connectivity index (χ0v) is 9.71. The molecule has 92 valence electrons. The van der Waals surface area contributed by atoms with E-state index in [4.69, 9.17) is 5.11 Å². The van der Waals surface area contributed by atoms with E-state index < -0.39 is 5.97 Å². The van der Waals surface area contributed by atoms with Crippen molar-refractivity contribution >= 4 is 5.97 Å². The highest BCUT2D eigenvalue weighted by Gasteiger charge is 2.25. The lowest BCUT2D eigenvalue weighted by Crippen LogP contribution is -2.27. The Bertz CT molecular complexity index is 444. The quantitative estimate of drug-likeness (QED) is 0.868. The first-order valence-electron chi connectivity index (χ1n) is 6.05. The number of pyridine rings is 1. The number of aromatic nitrogens is 1. The summed E-state index contributed by atoms with van der Waals surface area (Å²) in [7, 11) is 0. The number of carboxylic acids is 1. The fraction of sp³-hybridized carbons (Fsp3) is 0.538. The van der Waals surface area contributed by atoms with Crippen molar-refractivity contribution in [3.05, 3.63) is 34.7 Å². The zero-order valence-electron chi connectivity index (χ0n) is 9.71. The van der Waals surface area contributed by atoms with Crippen LogP contribution < -0.4 is 5.56 Å². The first-order valence-corrected chi connectivity index (χ1v) is 6.05. The Morgan fingerprint density at radius 2 is 2.00 bits per heavy atom. The van der Waals surface area contributed by atoms with Gasteiger partial charge in [0.05, 0.1) is 5.92 Å². The van der Waals surface area contributed by atoms with Crippen molar-refractivity contribution < 1.29 is 9.90 Å². The van der Waals surface area contributed by atoms with E-state index in [0.717, 1.165) is 25.7 Å². The van der Waals surface area contributed by atoms with Crippen LogP contribution in [-0.2, 0) is 11.3 Å². The Morgan fingerprint density at radius 3 is 2.59 bits per heavy atom. The van der Waals surface area contributed by atoms with E-state index in [1.807, 2.05) is 6.07 Å². The number of carboxylic acid groups (broad SMARTS) is 1. The minimum absolute atomic E-state index is 0.0212. The highest BCUT2D eigenvalue weighted by Crippen LogP contribution is 2.29. The fourth-order valence-corrected chi connectivity index (χ4v) is 2.48. The largest absolute Gasteiger partial charge is 0.481 e. The number of hydrogen-bond acceptors (Lipinski definition) is 2. The van der Waals surface area contributed by atoms with Gasteiger partial charge >= 0.3 is 5.97 Å². The standard InChI is InChI=1S/C13H17NO3/c15-12-3-1-2-8-14(12)9-10-4-6-11(7-5-10)13(16)17/h1-3,8,10-11H,4-7,9H2,(H,16,17). The first kappa shape index (κ1) is 11.9. The molecule has 0 unspecified atom stereocenters. The molecule has 2 rings (SSSR count). The zero-order chi connectivity index (χ0) is 12.3. The minimum atomic E-state index is -0.680. The molecule has 0 radical (unpaired) electrons. The molecule has 0 amide bonds. The average Bonchev–Trinajstić information content (AvgIpc) is 2.33. The van der Waals surface area contributed by atoms with Gasteiger partial charge in [-0.15, -0.1) is 0 Å². The van der Waals surface area contributed by atoms with Crippen LogP contribution in [0.4, 0.5) is 0 Å². The van der Waals surface area contributed by atoms with E-state index in [1.54, 1.807) is 22.9 Å². The third kappa shape index (κ3) is 2.96. The molecule has 1 N–H and O–H groups in total. The summed E-state index contributed by atoms with van der Waals surface area (Å²) in [6.45, 7) is 0.714. The van der Waals surface area contributed by atoms with Crippen molar-refractivity contribution in [2.24, 2.45) is 11.8 Å². The second-order valence-electron chi connectivity index (χ2n) is 4.75. The first-order chi connectivity index (χ1) is 8.16. The van der Waals surface area contributed by atoms with Gasteiger partial charge in [-0.05, 0) is 37.7 Å². The maximum atomic E-state index is 11.5. The van der Waals surface area contributed by atoms with E-state index in [-0.39, 0.29) is 11.5 Å². The predicted molar refractivity (Wildman–Crippen MR) is 63.8 cm³/mol. The van der Waals surface area contributed by atoms with Crippen LogP contribution in [0.3, 0.4) is 0 Å². The Balaban J connectivity index is 1.93. The van der Waals surface area contributed by atoms with Crippen LogP contribution in [0.1, 0.15) is 25.7 Å². The molecule has 1 fully saturated rings. The Kier molecular flexibility index (Phi) is 3.61. The van der Waals surface area contributed by atoms with E-state index in [9.17, 15) is 9.59 Å². The molecule has 0 saturated heterocycles. The Hall–Kier alpha value is -1.58. The summed E-state index contributed by atoms with van der Waals surface area (Å²) >= 11 is 0. The van der Waals surface area contributed by atoms with Gasteiger partial charge in [0, 0.05) is 18.8 Å². The molecule has 0 bridgehead atoms. The number of rotatable bonds is 3. The van der Waals surface area contributed by atoms with Crippen LogP contribution in [-0.4, -0.2) is 15.6 Å². The number of aliphatic carboxylic acids is 1. The van der Waals surface area contributed by atoms with Gasteiger partial charge in [0.15, 0.2) is 0 Å². The number of nitrogens with zero attached hydrogens (tertiary/aromatic N) is 1. The molecule has 0 atom stereocenters. The van der Waals surface area contributed by atoms with E-state index in [1.165, 1.54) is 0 Å². The molecular weight excluding hydrogens is 218 g/mol. The average molecular weight is 235 g/mol. The molecule has 0 aliphatic heterocycles. The minimum Gasteiger partial charge on any atom is -0.481 e. The maximum absolute atomic E-state index is 11.5. The van der Waals surface area contributed by atoms with Gasteiger partial charge in [-0.25, -0.2) is 0 Å². The third-order valence-electron chi connectivity index (χ3n) is 3.55. The van der Waals surface area contributed by atoms with Gasteiger partial charge in [0.25, 0.3) is 5.56 Å². The normalized spacial score (nSPS) is 24.5. The molecule has 1 aromatic rings. The number of hydrogen-bond donors (Lipinski definition) is 1. The smallest absolute Gasteiger partial charge is 0.306 e. The topological polar surface area (TPSA) is 59.3 Å². The highest BCUT2D eigenvalue weighted by molar-refractivity contribution is 5.69. The van der Waals surface area contributed by atoms with Crippen LogP contribution in [0, 0.1) is 11.8 Å². The lowest BCUT2D eigenvalue weighted by Gasteiger charge is -2.26. The molecule has 1 saturated carbocycles. The lowest BCUT2D eigenvalue weighted by atomic mass is 9.82. The molecule has 0 aromatic carbocycles. The molecule has 4 heteroatoms. The fourth-order valence-electron chi connectivity index (χ4n) is 2.48. The Labute approximate surface area is 99.9 Å². The summed E-state index contributed by atoms with van der Waals surface area (Å²) in [4.78, 5) is 22.4. The highest BCUT2D eigenvalue weighted by atomic mass is 16.4. The molecule has 4 nitrogen and oxygen atoms in total. The number of carbonyl (C=O) groups is 1. The molecular formula is C13H17NO3. The van der Waals surface area contributed by atoms with Crippen LogP contribution in [0.15, 0.2) is 29.2 Å². The summed E-state index contributed by atoms with van der Waals surface area (Å²) in [6.07, 6.45) is 5.07. The van der Waals surface area contributed by atoms with Gasteiger partial charge in [-0.1, -0.05) is 6.07 Å². The van der Waals surface area contributed by atoms with Gasteiger partial charge in [0.1, 0.15) is 0 Å². The van der Waals surface area contributed by atoms with Crippen LogP contribution >= 0.6 is 0 Å². The molecule has 1 aliphatic carbocycles. The van der Waals surface area contributed by atoms with Crippen molar-refractivity contribution in [2.45, 2.75) is 32.2 Å². The van der Waals surface area contributed by atoms with Crippen molar-refractivity contribution in [1.29, 1.82) is 0 Å². The second kappa shape index (κ2) is 5.17. The van der Waals surface area contributed by atoms with E-state index in [2.05, 4.69) is 0 Å². The summed E-state index contributed by atoms with van der Waals surface area (Å²) in [5.74, 6) is -0.426. The molecule has 1 aliphatic rings. The van der Waals surface area contributed by atoms with Crippen molar-refractivity contribution in [3.8, 4) is 0 Å². The Morgan fingerprint density at radius 1 is 1.29 bits per heavy atom. The van der Waals surface area contributed by atoms with Crippen LogP contribution in [0.2, 0.25) is 0 Å². The lowest BCUT2D eigenvalue weighted by molar-refractivity contribution is -0.143. The van der Waals surface area contributed by atoms with Crippen LogP contribution in [0.25, 0.3) is 0 Å². The van der Waals surface area contributed by atoms with Crippen molar-refractivity contribution in [2.75, 3.05) is 0 Å². The van der Waals surface area contributed by atoms with Crippen molar-refractivity contribution in [3.63, 3.8) is 0 Å². The monoisotopic (exact) mass is 235 g/mol. The SMILES string of the molecule is O=C(O)C1CCC(Cn2ccccc2=O)CC1. The van der Waals surface area contributed by atoms with Gasteiger partial charge in [-0.3, -0.25) is 9.59 Å². The second-order valence-corrected chi connectivity index (χ2v) is 4.75. The summed E-state index contributed by atoms with van der Waals surface area (Å²) in [5, 5.41) is 8.90. The molecule has 1 heterocycles. The third-order valence-corrected chi connectivity index (χ3v) is 3.55. The van der Waals surface area contributed by atoms with Gasteiger partial charge < -0.3 is 9.67 Å². The van der Waals surface area contributed by atoms with Gasteiger partial charge in [0.2, 0.25) is 0 Å². The summed E-state index contributed by atoms with van der Waals surface area (Å²) in [5.41, 5.74) is 0.0212.